The summed E-state index contributed by atoms with van der Waals surface area (Å²) in [4.78, 5) is 37.0. The lowest BCUT2D eigenvalue weighted by atomic mass is 10.0. The number of amides is 3. The van der Waals surface area contributed by atoms with Crippen LogP contribution in [0.5, 0.6) is 0 Å². The van der Waals surface area contributed by atoms with Crippen molar-refractivity contribution in [2.24, 2.45) is 0 Å². The van der Waals surface area contributed by atoms with Gasteiger partial charge in [0.25, 0.3) is 0 Å². The monoisotopic (exact) mass is 586 g/mol. The molecular weight excluding hydrogens is 557 g/mol. The number of piperazine rings is 1. The molecule has 0 radical (unpaired) electrons. The van der Waals surface area contributed by atoms with Gasteiger partial charge in [-0.2, -0.15) is 18.4 Å². The van der Waals surface area contributed by atoms with Crippen molar-refractivity contribution < 1.29 is 27.5 Å². The molecule has 9 nitrogen and oxygen atoms in total. The van der Waals surface area contributed by atoms with Crippen LogP contribution in [-0.4, -0.2) is 69.3 Å². The summed E-state index contributed by atoms with van der Waals surface area (Å²) in [7, 11) is 0. The lowest BCUT2D eigenvalue weighted by molar-refractivity contribution is -0.190. The number of aromatic nitrogens is 2. The highest BCUT2D eigenvalue weighted by molar-refractivity contribution is 7.19. The van der Waals surface area contributed by atoms with Crippen molar-refractivity contribution in [2.75, 3.05) is 25.0 Å². The van der Waals surface area contributed by atoms with Crippen LogP contribution in [0, 0.1) is 25.2 Å². The number of nitrogens with zero attached hydrogens (tertiary/aromatic N) is 5. The van der Waals surface area contributed by atoms with E-state index in [0.29, 0.717) is 26.6 Å². The van der Waals surface area contributed by atoms with Gasteiger partial charge in [-0.15, -0.1) is 0 Å². The maximum absolute atomic E-state index is 14.0. The van der Waals surface area contributed by atoms with Crippen LogP contribution in [0.1, 0.15) is 37.7 Å². The first-order valence-electron chi connectivity index (χ1n) is 12.7. The lowest BCUT2D eigenvalue weighted by Crippen LogP contribution is -2.62. The van der Waals surface area contributed by atoms with Crippen molar-refractivity contribution in [3.8, 4) is 27.8 Å². The third-order valence-electron chi connectivity index (χ3n) is 6.12. The zero-order valence-electron chi connectivity index (χ0n) is 23.2. The van der Waals surface area contributed by atoms with Gasteiger partial charge in [0, 0.05) is 30.0 Å². The molecule has 0 unspecified atom stereocenters. The number of carbonyl (C=O) groups excluding carboxylic acids is 2. The van der Waals surface area contributed by atoms with Crippen LogP contribution in [-0.2, 0) is 4.74 Å². The van der Waals surface area contributed by atoms with Crippen molar-refractivity contribution in [1.82, 2.24) is 19.8 Å². The minimum absolute atomic E-state index is 0.129. The predicted octanol–water partition coefficient (Wildman–Crippen LogP) is 6.38. The van der Waals surface area contributed by atoms with Gasteiger partial charge in [-0.05, 0) is 64.4 Å². The topological polar surface area (TPSA) is 111 Å². The van der Waals surface area contributed by atoms with Gasteiger partial charge in [0.2, 0.25) is 0 Å². The molecule has 1 fully saturated rings. The fourth-order valence-electron chi connectivity index (χ4n) is 4.42. The number of thiazole rings is 1. The highest BCUT2D eigenvalue weighted by Gasteiger charge is 2.50. The smallest absolute Gasteiger partial charge is 0.410 e. The zero-order valence-corrected chi connectivity index (χ0v) is 24.0. The molecule has 0 bridgehead atoms. The van der Waals surface area contributed by atoms with E-state index in [2.05, 4.69) is 21.4 Å². The Bertz CT molecular complexity index is 1490. The van der Waals surface area contributed by atoms with Crippen molar-refractivity contribution in [3.63, 3.8) is 0 Å². The predicted molar refractivity (Wildman–Crippen MR) is 148 cm³/mol. The molecule has 3 aromatic rings. The maximum Gasteiger partial charge on any atom is 0.410 e. The van der Waals surface area contributed by atoms with Gasteiger partial charge in [-0.1, -0.05) is 23.5 Å². The van der Waals surface area contributed by atoms with Crippen LogP contribution < -0.4 is 5.32 Å². The Morgan fingerprint density at radius 3 is 2.37 bits per heavy atom. The van der Waals surface area contributed by atoms with Gasteiger partial charge in [0.15, 0.2) is 5.13 Å². The van der Waals surface area contributed by atoms with E-state index >= 15 is 0 Å². The number of anilines is 1. The zero-order chi connectivity index (χ0) is 30.1. The van der Waals surface area contributed by atoms with Gasteiger partial charge in [0.1, 0.15) is 11.6 Å². The SMILES string of the molecule is Cc1cc(-c2sc(NC(=O)N3CCN(C(=O)OC(C)(C)C)[C@H](C(F)(F)F)C3)nc2-c2cccc(C#N)c2)cc(C)n1. The van der Waals surface area contributed by atoms with Crippen LogP contribution >= 0.6 is 11.3 Å². The Kier molecular flexibility index (Phi) is 8.26. The molecule has 1 aromatic carbocycles. The summed E-state index contributed by atoms with van der Waals surface area (Å²) in [6.45, 7) is 7.17. The minimum atomic E-state index is -4.78. The molecule has 0 spiro atoms. The Hall–Kier alpha value is -4.18. The number of pyridine rings is 1. The Morgan fingerprint density at radius 1 is 1.07 bits per heavy atom. The largest absolute Gasteiger partial charge is 0.444 e. The highest BCUT2D eigenvalue weighted by Crippen LogP contribution is 2.40. The summed E-state index contributed by atoms with van der Waals surface area (Å²) in [6.07, 6.45) is -5.86. The standard InChI is InChI=1S/C28H29F3N6O3S/c1-16-11-20(12-17(2)33-16)23-22(19-8-6-7-18(13-19)14-32)34-24(41-23)35-25(38)36-9-10-37(21(15-36)28(29,30)31)26(39)40-27(3,4)5/h6-8,11-13,21H,9-10,15H2,1-5H3,(H,34,35,38)/t21-/m0/s1. The number of nitrogens with one attached hydrogen (secondary N) is 1. The van der Waals surface area contributed by atoms with Crippen molar-refractivity contribution in [2.45, 2.75) is 52.4 Å². The Morgan fingerprint density at radius 2 is 1.76 bits per heavy atom. The molecule has 1 aliphatic rings. The number of nitriles is 1. The Balaban J connectivity index is 1.62. The van der Waals surface area contributed by atoms with E-state index in [0.717, 1.165) is 33.2 Å². The summed E-state index contributed by atoms with van der Waals surface area (Å²) in [6, 6.07) is 9.68. The first kappa shape index (κ1) is 29.8. The molecule has 13 heteroatoms. The molecule has 0 saturated carbocycles. The molecule has 41 heavy (non-hydrogen) atoms. The average molecular weight is 587 g/mol. The van der Waals surface area contributed by atoms with E-state index in [1.165, 1.54) is 0 Å². The van der Waals surface area contributed by atoms with Gasteiger partial charge in [0.05, 0.1) is 28.7 Å². The average Bonchev–Trinajstić information content (AvgIpc) is 3.30. The second kappa shape index (κ2) is 11.4. The third kappa shape index (κ3) is 7.13. The maximum atomic E-state index is 14.0. The van der Waals surface area contributed by atoms with E-state index < -0.39 is 36.5 Å². The van der Waals surface area contributed by atoms with Gasteiger partial charge in [-0.3, -0.25) is 15.2 Å². The summed E-state index contributed by atoms with van der Waals surface area (Å²) in [5, 5.41) is 12.2. The highest BCUT2D eigenvalue weighted by atomic mass is 32.1. The molecule has 1 saturated heterocycles. The molecule has 2 aromatic heterocycles. The summed E-state index contributed by atoms with van der Waals surface area (Å²) < 4.78 is 47.0. The minimum Gasteiger partial charge on any atom is -0.444 e. The number of benzene rings is 1. The number of ether oxygens (including phenoxy) is 1. The lowest BCUT2D eigenvalue weighted by Gasteiger charge is -2.41. The molecule has 1 atom stereocenters. The number of aryl methyl sites for hydroxylation is 2. The number of carbonyl (C=O) groups is 2. The first-order valence-corrected chi connectivity index (χ1v) is 13.6. The van der Waals surface area contributed by atoms with E-state index in [9.17, 15) is 28.0 Å². The first-order chi connectivity index (χ1) is 19.1. The van der Waals surface area contributed by atoms with Crippen LogP contribution in [0.25, 0.3) is 21.7 Å². The van der Waals surface area contributed by atoms with E-state index in [1.54, 1.807) is 45.0 Å². The molecule has 1 aliphatic heterocycles. The van der Waals surface area contributed by atoms with Gasteiger partial charge < -0.3 is 9.64 Å². The summed E-state index contributed by atoms with van der Waals surface area (Å²) in [5.41, 5.74) is 2.96. The number of hydrogen-bond donors (Lipinski definition) is 1. The van der Waals surface area contributed by atoms with E-state index in [4.69, 9.17) is 4.74 Å². The fourth-order valence-corrected chi connectivity index (χ4v) is 5.39. The van der Waals surface area contributed by atoms with Crippen LogP contribution in [0.15, 0.2) is 36.4 Å². The number of urea groups is 1. The molecule has 3 amide bonds. The van der Waals surface area contributed by atoms with Crippen LogP contribution in [0.4, 0.5) is 27.9 Å². The third-order valence-corrected chi connectivity index (χ3v) is 7.14. The van der Waals surface area contributed by atoms with Crippen molar-refractivity contribution in [1.29, 1.82) is 5.26 Å². The molecular formula is C28H29F3N6O3S. The Labute approximate surface area is 239 Å². The second-order valence-corrected chi connectivity index (χ2v) is 11.6. The van der Waals surface area contributed by atoms with E-state index in [1.807, 2.05) is 26.0 Å². The number of hydrogen-bond acceptors (Lipinski definition) is 7. The number of alkyl halides is 3. The molecule has 1 N–H and O–H groups in total. The van der Waals surface area contributed by atoms with E-state index in [-0.39, 0.29) is 18.2 Å². The summed E-state index contributed by atoms with van der Waals surface area (Å²) in [5.74, 6) is 0. The molecule has 3 heterocycles. The molecule has 0 aliphatic carbocycles. The quantitative estimate of drug-likeness (QED) is 0.382. The normalized spacial score (nSPS) is 15.8. The second-order valence-electron chi connectivity index (χ2n) is 10.6. The van der Waals surface area contributed by atoms with Gasteiger partial charge in [-0.25, -0.2) is 14.6 Å². The van der Waals surface area contributed by atoms with Crippen LogP contribution in [0.2, 0.25) is 0 Å². The summed E-state index contributed by atoms with van der Waals surface area (Å²) >= 11 is 1.16. The fraction of sp³-hybridized carbons (Fsp3) is 0.393. The molecule has 216 valence electrons. The molecule has 4 rings (SSSR count). The van der Waals surface area contributed by atoms with Crippen molar-refractivity contribution in [3.05, 3.63) is 53.3 Å². The van der Waals surface area contributed by atoms with Crippen molar-refractivity contribution >= 4 is 28.6 Å². The van der Waals surface area contributed by atoms with Crippen LogP contribution in [0.3, 0.4) is 0 Å². The number of rotatable bonds is 3. The number of halogens is 3. The van der Waals surface area contributed by atoms with Gasteiger partial charge >= 0.3 is 18.3 Å².